The maximum atomic E-state index is 13.1. The molecule has 1 saturated heterocycles. The fourth-order valence-corrected chi connectivity index (χ4v) is 3.18. The van der Waals surface area contributed by atoms with Crippen LogP contribution in [-0.2, 0) is 0 Å². The number of rotatable bonds is 3. The Morgan fingerprint density at radius 3 is 2.80 bits per heavy atom. The van der Waals surface area contributed by atoms with E-state index in [-0.39, 0.29) is 17.9 Å². The third-order valence-corrected chi connectivity index (χ3v) is 4.61. The molecule has 134 valence electrons. The lowest BCUT2D eigenvalue weighted by Crippen LogP contribution is -2.47. The van der Waals surface area contributed by atoms with Crippen molar-refractivity contribution < 1.29 is 14.3 Å². The van der Waals surface area contributed by atoms with Gasteiger partial charge in [-0.1, -0.05) is 0 Å². The zero-order valence-corrected chi connectivity index (χ0v) is 14.4. The molecule has 0 aliphatic carbocycles. The van der Waals surface area contributed by atoms with Gasteiger partial charge in [-0.3, -0.25) is 0 Å². The average molecular weight is 346 g/mol. The molecule has 0 bridgehead atoms. The summed E-state index contributed by atoms with van der Waals surface area (Å²) in [5.41, 5.74) is 2.55. The largest absolute Gasteiger partial charge is 0.391 e. The fourth-order valence-electron chi connectivity index (χ4n) is 3.18. The van der Waals surface area contributed by atoms with Crippen molar-refractivity contribution >= 4 is 6.03 Å². The first-order valence-electron chi connectivity index (χ1n) is 8.49. The van der Waals surface area contributed by atoms with Crippen LogP contribution in [-0.4, -0.2) is 45.0 Å². The zero-order chi connectivity index (χ0) is 18.0. The van der Waals surface area contributed by atoms with Gasteiger partial charge in [0.05, 0.1) is 24.0 Å². The molecule has 0 saturated carbocycles. The number of hydrogen-bond acceptors (Lipinski definition) is 3. The lowest BCUT2D eigenvalue weighted by molar-refractivity contribution is 0.0835. The van der Waals surface area contributed by atoms with Crippen LogP contribution in [0.4, 0.5) is 9.18 Å². The number of carbonyl (C=O) groups excluding carboxylic acids is 1. The second-order valence-corrected chi connectivity index (χ2v) is 6.49. The number of aliphatic hydroxyl groups is 1. The van der Waals surface area contributed by atoms with Gasteiger partial charge < -0.3 is 15.3 Å². The highest BCUT2D eigenvalue weighted by molar-refractivity contribution is 5.74. The number of halogens is 1. The third-order valence-electron chi connectivity index (χ3n) is 4.61. The monoisotopic (exact) mass is 346 g/mol. The first-order chi connectivity index (χ1) is 12.0. The van der Waals surface area contributed by atoms with Crippen LogP contribution in [0.5, 0.6) is 0 Å². The molecular weight excluding hydrogens is 323 g/mol. The molecule has 1 aromatic heterocycles. The molecule has 2 unspecified atom stereocenters. The Bertz CT molecular complexity index is 744. The van der Waals surface area contributed by atoms with Crippen molar-refractivity contribution in [1.29, 1.82) is 0 Å². The fraction of sp³-hybridized carbons (Fsp3) is 0.444. The smallest absolute Gasteiger partial charge is 0.317 e. The van der Waals surface area contributed by atoms with Crippen molar-refractivity contribution in [3.8, 4) is 5.69 Å². The van der Waals surface area contributed by atoms with E-state index in [9.17, 15) is 14.3 Å². The van der Waals surface area contributed by atoms with Gasteiger partial charge in [-0.15, -0.1) is 0 Å². The molecule has 7 heteroatoms. The Morgan fingerprint density at radius 2 is 2.12 bits per heavy atom. The number of nitrogens with zero attached hydrogens (tertiary/aromatic N) is 3. The van der Waals surface area contributed by atoms with E-state index < -0.39 is 6.10 Å². The molecule has 1 aliphatic heterocycles. The Balaban J connectivity index is 1.71. The summed E-state index contributed by atoms with van der Waals surface area (Å²) in [6.45, 7) is 4.84. The Labute approximate surface area is 146 Å². The standard InChI is InChI=1S/C18H23FN4O2/c1-12(21-18(25)22-9-3-4-16(24)11-22)17-10-20-23(13(17)2)15-7-5-14(19)6-8-15/h5-8,10,12,16,24H,3-4,9,11H2,1-2H3,(H,21,25). The van der Waals surface area contributed by atoms with Gasteiger partial charge in [0.1, 0.15) is 5.82 Å². The molecule has 3 rings (SSSR count). The minimum Gasteiger partial charge on any atom is -0.391 e. The van der Waals surface area contributed by atoms with Gasteiger partial charge in [-0.2, -0.15) is 5.10 Å². The predicted molar refractivity (Wildman–Crippen MR) is 92.0 cm³/mol. The minimum atomic E-state index is -0.447. The molecule has 2 amide bonds. The minimum absolute atomic E-state index is 0.180. The number of hydrogen-bond donors (Lipinski definition) is 2. The Morgan fingerprint density at radius 1 is 1.40 bits per heavy atom. The summed E-state index contributed by atoms with van der Waals surface area (Å²) in [6, 6.07) is 5.71. The highest BCUT2D eigenvalue weighted by Gasteiger charge is 2.24. The van der Waals surface area contributed by atoms with Gasteiger partial charge in [-0.25, -0.2) is 13.9 Å². The van der Waals surface area contributed by atoms with Crippen LogP contribution in [0.1, 0.15) is 37.1 Å². The van der Waals surface area contributed by atoms with Gasteiger partial charge >= 0.3 is 6.03 Å². The van der Waals surface area contributed by atoms with Crippen LogP contribution in [0.25, 0.3) is 5.69 Å². The van der Waals surface area contributed by atoms with Gasteiger partial charge in [0.25, 0.3) is 0 Å². The highest BCUT2D eigenvalue weighted by Crippen LogP contribution is 2.21. The van der Waals surface area contributed by atoms with Crippen molar-refractivity contribution in [2.75, 3.05) is 13.1 Å². The average Bonchev–Trinajstić information content (AvgIpc) is 2.97. The summed E-state index contributed by atoms with van der Waals surface area (Å²) < 4.78 is 14.8. The maximum Gasteiger partial charge on any atom is 0.317 e. The molecule has 2 atom stereocenters. The van der Waals surface area contributed by atoms with Crippen LogP contribution >= 0.6 is 0 Å². The van der Waals surface area contributed by atoms with E-state index in [1.165, 1.54) is 12.1 Å². The second-order valence-electron chi connectivity index (χ2n) is 6.49. The zero-order valence-electron chi connectivity index (χ0n) is 14.4. The number of urea groups is 1. The van der Waals surface area contributed by atoms with Crippen LogP contribution in [0.15, 0.2) is 30.5 Å². The lowest BCUT2D eigenvalue weighted by atomic mass is 10.1. The van der Waals surface area contributed by atoms with Crippen molar-refractivity contribution in [3.05, 3.63) is 47.5 Å². The lowest BCUT2D eigenvalue weighted by Gasteiger charge is -2.31. The normalized spacial score (nSPS) is 18.9. The van der Waals surface area contributed by atoms with Crippen molar-refractivity contribution in [2.45, 2.75) is 38.8 Å². The first-order valence-corrected chi connectivity index (χ1v) is 8.49. The van der Waals surface area contributed by atoms with Gasteiger partial charge in [0.2, 0.25) is 0 Å². The SMILES string of the molecule is Cc1c(C(C)NC(=O)N2CCCC(O)C2)cnn1-c1ccc(F)cc1. The Kier molecular flexibility index (Phi) is 5.03. The third kappa shape index (κ3) is 3.82. The molecule has 1 aromatic carbocycles. The van der Waals surface area contributed by atoms with Crippen molar-refractivity contribution in [2.24, 2.45) is 0 Å². The number of nitrogens with one attached hydrogen (secondary N) is 1. The quantitative estimate of drug-likeness (QED) is 0.897. The predicted octanol–water partition coefficient (Wildman–Crippen LogP) is 2.55. The van der Waals surface area contributed by atoms with E-state index in [0.717, 1.165) is 29.8 Å². The summed E-state index contributed by atoms with van der Waals surface area (Å²) in [7, 11) is 0. The van der Waals surface area contributed by atoms with E-state index in [1.807, 2.05) is 13.8 Å². The van der Waals surface area contributed by atoms with Gasteiger partial charge in [-0.05, 0) is 51.0 Å². The Hall–Kier alpha value is -2.41. The van der Waals surface area contributed by atoms with Crippen LogP contribution < -0.4 is 5.32 Å². The molecule has 2 aromatic rings. The second kappa shape index (κ2) is 7.23. The first kappa shape index (κ1) is 17.4. The van der Waals surface area contributed by atoms with E-state index >= 15 is 0 Å². The van der Waals surface area contributed by atoms with Crippen LogP contribution in [0, 0.1) is 12.7 Å². The van der Waals surface area contributed by atoms with E-state index in [0.29, 0.717) is 13.1 Å². The molecule has 1 aliphatic rings. The van der Waals surface area contributed by atoms with Crippen LogP contribution in [0.3, 0.4) is 0 Å². The van der Waals surface area contributed by atoms with E-state index in [2.05, 4.69) is 10.4 Å². The van der Waals surface area contributed by atoms with Gasteiger partial charge in [0, 0.05) is 24.3 Å². The molecule has 1 fully saturated rings. The summed E-state index contributed by atoms with van der Waals surface area (Å²) >= 11 is 0. The van der Waals surface area contributed by atoms with E-state index in [4.69, 9.17) is 0 Å². The van der Waals surface area contributed by atoms with Crippen LogP contribution in [0.2, 0.25) is 0 Å². The maximum absolute atomic E-state index is 13.1. The summed E-state index contributed by atoms with van der Waals surface area (Å²) in [4.78, 5) is 14.0. The number of β-amino-alcohol motifs (C(OH)–C–C–N with tert-alkyl or cyclic N) is 1. The van der Waals surface area contributed by atoms with Crippen molar-refractivity contribution in [1.82, 2.24) is 20.0 Å². The number of aliphatic hydroxyl groups excluding tert-OH is 1. The molecule has 0 spiro atoms. The number of likely N-dealkylation sites (tertiary alicyclic amines) is 1. The molecule has 2 N–H and O–H groups in total. The molecule has 25 heavy (non-hydrogen) atoms. The molecule has 2 heterocycles. The molecule has 6 nitrogen and oxygen atoms in total. The number of carbonyl (C=O) groups is 1. The number of piperidine rings is 1. The number of benzene rings is 1. The topological polar surface area (TPSA) is 70.4 Å². The molecular formula is C18H23FN4O2. The number of aromatic nitrogens is 2. The van der Waals surface area contributed by atoms with Gasteiger partial charge in [0.15, 0.2) is 0 Å². The number of amides is 2. The molecule has 0 radical (unpaired) electrons. The summed E-state index contributed by atoms with van der Waals surface area (Å²) in [5.74, 6) is -0.293. The highest BCUT2D eigenvalue weighted by atomic mass is 19.1. The summed E-state index contributed by atoms with van der Waals surface area (Å²) in [6.07, 6.45) is 2.82. The van der Waals surface area contributed by atoms with Crippen molar-refractivity contribution in [3.63, 3.8) is 0 Å². The van der Waals surface area contributed by atoms with E-state index in [1.54, 1.807) is 27.9 Å². The summed E-state index contributed by atoms with van der Waals surface area (Å²) in [5, 5.41) is 17.0.